The molecular weight excluding hydrogens is 266 g/mol. The van der Waals surface area contributed by atoms with E-state index in [9.17, 15) is 0 Å². The van der Waals surface area contributed by atoms with Gasteiger partial charge < -0.3 is 10.1 Å². The zero-order chi connectivity index (χ0) is 13.9. The van der Waals surface area contributed by atoms with E-state index >= 15 is 0 Å². The van der Waals surface area contributed by atoms with E-state index in [2.05, 4.69) is 47.3 Å². The SMILES string of the molecule is COc1ccc2c(c1)C(NC(C)c1ccsc1)CCC2. The summed E-state index contributed by atoms with van der Waals surface area (Å²) in [6.45, 7) is 2.25. The van der Waals surface area contributed by atoms with Crippen molar-refractivity contribution < 1.29 is 4.74 Å². The fourth-order valence-electron chi connectivity index (χ4n) is 3.00. The van der Waals surface area contributed by atoms with E-state index in [1.807, 2.05) is 0 Å². The molecule has 1 aliphatic carbocycles. The first kappa shape index (κ1) is 13.7. The maximum absolute atomic E-state index is 5.38. The molecule has 2 unspecified atom stereocenters. The van der Waals surface area contributed by atoms with Crippen molar-refractivity contribution in [1.29, 1.82) is 0 Å². The molecule has 3 rings (SSSR count). The van der Waals surface area contributed by atoms with Gasteiger partial charge in [-0.05, 0) is 71.8 Å². The minimum atomic E-state index is 0.392. The molecule has 0 saturated heterocycles. The number of fused-ring (bicyclic) bond motifs is 1. The first-order valence-electron chi connectivity index (χ1n) is 7.23. The highest BCUT2D eigenvalue weighted by molar-refractivity contribution is 7.07. The van der Waals surface area contributed by atoms with Gasteiger partial charge in [0, 0.05) is 12.1 Å². The van der Waals surface area contributed by atoms with Crippen LogP contribution in [0.4, 0.5) is 0 Å². The second-order valence-electron chi connectivity index (χ2n) is 5.45. The number of methoxy groups -OCH3 is 1. The van der Waals surface area contributed by atoms with Crippen LogP contribution in [0.15, 0.2) is 35.0 Å². The third kappa shape index (κ3) is 2.74. The van der Waals surface area contributed by atoms with E-state index in [0.29, 0.717) is 12.1 Å². The zero-order valence-corrected chi connectivity index (χ0v) is 12.9. The van der Waals surface area contributed by atoms with Crippen molar-refractivity contribution in [2.75, 3.05) is 7.11 Å². The molecule has 2 nitrogen and oxygen atoms in total. The van der Waals surface area contributed by atoms with Gasteiger partial charge in [0.05, 0.1) is 7.11 Å². The maximum atomic E-state index is 5.38. The van der Waals surface area contributed by atoms with E-state index in [0.717, 1.165) is 5.75 Å². The van der Waals surface area contributed by atoms with Crippen molar-refractivity contribution in [2.45, 2.75) is 38.3 Å². The van der Waals surface area contributed by atoms with Crippen LogP contribution >= 0.6 is 11.3 Å². The molecule has 1 aromatic carbocycles. The van der Waals surface area contributed by atoms with Crippen molar-refractivity contribution in [3.05, 3.63) is 51.7 Å². The maximum Gasteiger partial charge on any atom is 0.119 e. The van der Waals surface area contributed by atoms with Gasteiger partial charge >= 0.3 is 0 Å². The Hall–Kier alpha value is -1.32. The van der Waals surface area contributed by atoms with Crippen LogP contribution < -0.4 is 10.1 Å². The molecule has 0 radical (unpaired) electrons. The second-order valence-corrected chi connectivity index (χ2v) is 6.23. The standard InChI is InChI=1S/C17H21NOS/c1-12(14-8-9-20-11-14)18-17-5-3-4-13-6-7-15(19-2)10-16(13)17/h6-12,17-18H,3-5H2,1-2H3. The summed E-state index contributed by atoms with van der Waals surface area (Å²) < 4.78 is 5.38. The third-order valence-electron chi connectivity index (χ3n) is 4.16. The average Bonchev–Trinajstić information content (AvgIpc) is 3.01. The molecule has 1 aromatic heterocycles. The minimum absolute atomic E-state index is 0.392. The molecule has 0 spiro atoms. The number of thiophene rings is 1. The predicted octanol–water partition coefficient (Wildman–Crippen LogP) is 4.48. The van der Waals surface area contributed by atoms with Gasteiger partial charge in [-0.25, -0.2) is 0 Å². The van der Waals surface area contributed by atoms with Gasteiger partial charge in [0.1, 0.15) is 5.75 Å². The Bertz CT molecular complexity index is 564. The van der Waals surface area contributed by atoms with Crippen LogP contribution in [0.5, 0.6) is 5.75 Å². The number of hydrogen-bond acceptors (Lipinski definition) is 3. The van der Waals surface area contributed by atoms with E-state index in [1.165, 1.54) is 36.0 Å². The van der Waals surface area contributed by atoms with Crippen molar-refractivity contribution in [3.63, 3.8) is 0 Å². The Morgan fingerprint density at radius 2 is 2.25 bits per heavy atom. The summed E-state index contributed by atoms with van der Waals surface area (Å²) in [6, 6.07) is 9.53. The third-order valence-corrected chi connectivity index (χ3v) is 4.86. The second kappa shape index (κ2) is 5.98. The Labute approximate surface area is 124 Å². The fraction of sp³-hybridized carbons (Fsp3) is 0.412. The van der Waals surface area contributed by atoms with E-state index in [1.54, 1.807) is 18.4 Å². The Morgan fingerprint density at radius 3 is 3.00 bits per heavy atom. The minimum Gasteiger partial charge on any atom is -0.497 e. The smallest absolute Gasteiger partial charge is 0.119 e. The number of hydrogen-bond donors (Lipinski definition) is 1. The summed E-state index contributed by atoms with van der Waals surface area (Å²) >= 11 is 1.76. The normalized spacial score (nSPS) is 19.4. The molecule has 3 heteroatoms. The number of benzene rings is 1. The fourth-order valence-corrected chi connectivity index (χ4v) is 3.75. The van der Waals surface area contributed by atoms with E-state index in [-0.39, 0.29) is 0 Å². The summed E-state index contributed by atoms with van der Waals surface area (Å²) in [7, 11) is 1.74. The molecule has 0 aliphatic heterocycles. The van der Waals surface area contributed by atoms with Gasteiger partial charge in [-0.1, -0.05) is 6.07 Å². The molecule has 1 heterocycles. The van der Waals surface area contributed by atoms with Crippen molar-refractivity contribution >= 4 is 11.3 Å². The van der Waals surface area contributed by atoms with Gasteiger partial charge in [-0.3, -0.25) is 0 Å². The molecule has 2 aromatic rings. The molecule has 0 bridgehead atoms. The highest BCUT2D eigenvalue weighted by Gasteiger charge is 2.22. The molecule has 106 valence electrons. The van der Waals surface area contributed by atoms with Crippen LogP contribution in [0.3, 0.4) is 0 Å². The molecule has 0 saturated carbocycles. The summed E-state index contributed by atoms with van der Waals surface area (Å²) in [5.41, 5.74) is 4.26. The number of nitrogens with one attached hydrogen (secondary N) is 1. The lowest BCUT2D eigenvalue weighted by molar-refractivity contribution is 0.399. The van der Waals surface area contributed by atoms with Crippen LogP contribution in [-0.4, -0.2) is 7.11 Å². The lowest BCUT2D eigenvalue weighted by Crippen LogP contribution is -2.27. The Morgan fingerprint density at radius 1 is 1.35 bits per heavy atom. The van der Waals surface area contributed by atoms with Crippen molar-refractivity contribution in [3.8, 4) is 5.75 Å². The van der Waals surface area contributed by atoms with Gasteiger partial charge in [0.15, 0.2) is 0 Å². The summed E-state index contributed by atoms with van der Waals surface area (Å²) in [6.07, 6.45) is 3.65. The molecule has 0 fully saturated rings. The van der Waals surface area contributed by atoms with Crippen molar-refractivity contribution in [1.82, 2.24) is 5.32 Å². The highest BCUT2D eigenvalue weighted by atomic mass is 32.1. The number of rotatable bonds is 4. The molecular formula is C17H21NOS. The van der Waals surface area contributed by atoms with Gasteiger partial charge in [-0.15, -0.1) is 0 Å². The van der Waals surface area contributed by atoms with Gasteiger partial charge in [0.25, 0.3) is 0 Å². The van der Waals surface area contributed by atoms with Crippen LogP contribution in [0.2, 0.25) is 0 Å². The topological polar surface area (TPSA) is 21.3 Å². The highest BCUT2D eigenvalue weighted by Crippen LogP contribution is 2.34. The first-order valence-corrected chi connectivity index (χ1v) is 8.17. The molecule has 2 atom stereocenters. The Kier molecular flexibility index (Phi) is 4.08. The lowest BCUT2D eigenvalue weighted by atomic mass is 9.87. The average molecular weight is 287 g/mol. The Balaban J connectivity index is 1.82. The van der Waals surface area contributed by atoms with Crippen LogP contribution in [0, 0.1) is 0 Å². The quantitative estimate of drug-likeness (QED) is 0.895. The predicted molar refractivity (Wildman–Crippen MR) is 84.5 cm³/mol. The van der Waals surface area contributed by atoms with Crippen LogP contribution in [0.25, 0.3) is 0 Å². The van der Waals surface area contributed by atoms with Gasteiger partial charge in [0.2, 0.25) is 0 Å². The van der Waals surface area contributed by atoms with Crippen molar-refractivity contribution in [2.24, 2.45) is 0 Å². The summed E-state index contributed by atoms with van der Waals surface area (Å²) in [4.78, 5) is 0. The first-order chi connectivity index (χ1) is 9.78. The van der Waals surface area contributed by atoms with E-state index < -0.39 is 0 Å². The lowest BCUT2D eigenvalue weighted by Gasteiger charge is -2.29. The zero-order valence-electron chi connectivity index (χ0n) is 12.1. The van der Waals surface area contributed by atoms with Gasteiger partial charge in [-0.2, -0.15) is 11.3 Å². The molecule has 1 aliphatic rings. The summed E-state index contributed by atoms with van der Waals surface area (Å²) in [5, 5.41) is 8.15. The molecule has 0 amide bonds. The summed E-state index contributed by atoms with van der Waals surface area (Å²) in [5.74, 6) is 0.959. The largest absolute Gasteiger partial charge is 0.497 e. The van der Waals surface area contributed by atoms with E-state index in [4.69, 9.17) is 4.74 Å². The van der Waals surface area contributed by atoms with Crippen LogP contribution in [-0.2, 0) is 6.42 Å². The molecule has 20 heavy (non-hydrogen) atoms. The number of ether oxygens (including phenoxy) is 1. The monoisotopic (exact) mass is 287 g/mol. The molecule has 1 N–H and O–H groups in total. The van der Waals surface area contributed by atoms with Crippen LogP contribution in [0.1, 0.15) is 48.5 Å². The number of aryl methyl sites for hydroxylation is 1.